The summed E-state index contributed by atoms with van der Waals surface area (Å²) in [4.78, 5) is 19.1. The van der Waals surface area contributed by atoms with Gasteiger partial charge < -0.3 is 10.2 Å². The molecule has 1 aromatic carbocycles. The Hall–Kier alpha value is -2.91. The van der Waals surface area contributed by atoms with Crippen LogP contribution < -0.4 is 5.32 Å². The molecule has 3 heterocycles. The average molecular weight is 391 g/mol. The second kappa shape index (κ2) is 7.99. The number of rotatable bonds is 4. The number of carbonyl (C=O) groups excluding carboxylic acids is 1. The molecule has 0 spiro atoms. The second-order valence-corrected chi connectivity index (χ2v) is 8.32. The van der Waals surface area contributed by atoms with Gasteiger partial charge in [0, 0.05) is 29.9 Å². The lowest BCUT2D eigenvalue weighted by Crippen LogP contribution is -2.45. The monoisotopic (exact) mass is 390 g/mol. The number of fused-ring (bicyclic) bond motifs is 1. The van der Waals surface area contributed by atoms with Crippen molar-refractivity contribution in [3.8, 4) is 6.07 Å². The van der Waals surface area contributed by atoms with Crippen molar-refractivity contribution in [3.63, 3.8) is 0 Å². The number of thiophene rings is 1. The topological polar surface area (TPSA) is 69.0 Å². The van der Waals surface area contributed by atoms with E-state index < -0.39 is 0 Å². The van der Waals surface area contributed by atoms with Crippen LogP contribution in [0.1, 0.15) is 29.4 Å². The minimum absolute atomic E-state index is 0.116. The van der Waals surface area contributed by atoms with Crippen LogP contribution in [-0.2, 0) is 0 Å². The predicted octanol–water partition coefficient (Wildman–Crippen LogP) is 4.38. The highest BCUT2D eigenvalue weighted by Gasteiger charge is 2.29. The smallest absolute Gasteiger partial charge is 0.253 e. The molecule has 1 amide bonds. The number of hydrogen-bond acceptors (Lipinski definition) is 5. The van der Waals surface area contributed by atoms with Crippen LogP contribution in [0, 0.1) is 23.2 Å². The summed E-state index contributed by atoms with van der Waals surface area (Å²) in [6.45, 7) is 4.58. The Labute approximate surface area is 168 Å². The minimum Gasteiger partial charge on any atom is -0.383 e. The lowest BCUT2D eigenvalue weighted by Gasteiger charge is -2.37. The van der Waals surface area contributed by atoms with Crippen molar-refractivity contribution in [1.29, 1.82) is 5.26 Å². The van der Waals surface area contributed by atoms with E-state index in [9.17, 15) is 4.79 Å². The van der Waals surface area contributed by atoms with Gasteiger partial charge in [-0.3, -0.25) is 4.79 Å². The number of nitriles is 1. The summed E-state index contributed by atoms with van der Waals surface area (Å²) < 4.78 is 1.21. The molecule has 4 rings (SSSR count). The average Bonchev–Trinajstić information content (AvgIpc) is 3.21. The number of nitrogens with zero attached hydrogens (tertiary/aromatic N) is 3. The van der Waals surface area contributed by atoms with Crippen LogP contribution in [0.25, 0.3) is 10.1 Å². The van der Waals surface area contributed by atoms with E-state index >= 15 is 0 Å². The van der Waals surface area contributed by atoms with E-state index in [2.05, 4.69) is 28.7 Å². The molecule has 5 nitrogen and oxygen atoms in total. The summed E-state index contributed by atoms with van der Waals surface area (Å²) in [6.07, 6.45) is 2.69. The fourth-order valence-corrected chi connectivity index (χ4v) is 4.47. The molecular formula is C22H22N4OS. The van der Waals surface area contributed by atoms with Gasteiger partial charge in [-0.15, -0.1) is 11.3 Å². The molecule has 0 saturated carbocycles. The van der Waals surface area contributed by atoms with Gasteiger partial charge in [0.25, 0.3) is 5.91 Å². The van der Waals surface area contributed by atoms with Crippen LogP contribution in [0.5, 0.6) is 0 Å². The number of pyridine rings is 1. The zero-order chi connectivity index (χ0) is 19.5. The van der Waals surface area contributed by atoms with Gasteiger partial charge in [0.05, 0.1) is 11.9 Å². The number of benzene rings is 1. The number of likely N-dealkylation sites (tertiary alicyclic amines) is 1. The Kier molecular flexibility index (Phi) is 5.27. The van der Waals surface area contributed by atoms with Crippen LogP contribution in [0.2, 0.25) is 0 Å². The van der Waals surface area contributed by atoms with Gasteiger partial charge in [-0.25, -0.2) is 4.98 Å². The molecule has 0 bridgehead atoms. The molecule has 2 aromatic heterocycles. The lowest BCUT2D eigenvalue weighted by atomic mass is 9.86. The van der Waals surface area contributed by atoms with Crippen LogP contribution in [0.3, 0.4) is 0 Å². The maximum Gasteiger partial charge on any atom is 0.253 e. The zero-order valence-corrected chi connectivity index (χ0v) is 16.6. The van der Waals surface area contributed by atoms with Crippen molar-refractivity contribution >= 4 is 33.0 Å². The molecular weight excluding hydrogens is 368 g/mol. The quantitative estimate of drug-likeness (QED) is 0.718. The number of aromatic nitrogens is 1. The molecule has 1 fully saturated rings. The summed E-state index contributed by atoms with van der Waals surface area (Å²) in [5, 5.41) is 15.4. The molecule has 6 heteroatoms. The van der Waals surface area contributed by atoms with Gasteiger partial charge in [0.2, 0.25) is 0 Å². The number of piperidine rings is 1. The van der Waals surface area contributed by atoms with E-state index in [4.69, 9.17) is 5.26 Å². The molecule has 142 valence electrons. The summed E-state index contributed by atoms with van der Waals surface area (Å²) >= 11 is 1.69. The number of anilines is 1. The van der Waals surface area contributed by atoms with E-state index in [-0.39, 0.29) is 5.91 Å². The van der Waals surface area contributed by atoms with Crippen LogP contribution in [0.15, 0.2) is 48.0 Å². The van der Waals surface area contributed by atoms with E-state index in [1.165, 1.54) is 4.70 Å². The zero-order valence-electron chi connectivity index (χ0n) is 15.8. The van der Waals surface area contributed by atoms with E-state index in [0.717, 1.165) is 42.7 Å². The Morgan fingerprint density at radius 3 is 3.04 bits per heavy atom. The highest BCUT2D eigenvalue weighted by Crippen LogP contribution is 2.27. The van der Waals surface area contributed by atoms with Gasteiger partial charge in [0.1, 0.15) is 11.8 Å². The van der Waals surface area contributed by atoms with Crippen molar-refractivity contribution in [1.82, 2.24) is 9.88 Å². The molecule has 1 saturated heterocycles. The van der Waals surface area contributed by atoms with Gasteiger partial charge in [-0.1, -0.05) is 6.92 Å². The largest absolute Gasteiger partial charge is 0.383 e. The predicted molar refractivity (Wildman–Crippen MR) is 112 cm³/mol. The normalized spacial score (nSPS) is 19.4. The van der Waals surface area contributed by atoms with E-state index in [0.29, 0.717) is 17.5 Å². The third-order valence-electron chi connectivity index (χ3n) is 5.55. The number of carbonyl (C=O) groups is 1. The van der Waals surface area contributed by atoms with Crippen molar-refractivity contribution in [3.05, 3.63) is 59.2 Å². The van der Waals surface area contributed by atoms with Crippen molar-refractivity contribution in [2.45, 2.75) is 13.3 Å². The Balaban J connectivity index is 1.41. The first-order valence-electron chi connectivity index (χ1n) is 9.50. The van der Waals surface area contributed by atoms with E-state index in [1.54, 1.807) is 23.6 Å². The lowest BCUT2D eigenvalue weighted by molar-refractivity contribution is 0.0622. The fraction of sp³-hybridized carbons (Fsp3) is 0.318. The summed E-state index contributed by atoms with van der Waals surface area (Å²) in [5.41, 5.74) is 2.08. The Morgan fingerprint density at radius 2 is 2.25 bits per heavy atom. The number of hydrogen-bond donors (Lipinski definition) is 1. The second-order valence-electron chi connectivity index (χ2n) is 7.38. The summed E-state index contributed by atoms with van der Waals surface area (Å²) in [7, 11) is 0. The molecule has 1 aliphatic rings. The number of nitrogens with one attached hydrogen (secondary N) is 1. The van der Waals surface area contributed by atoms with Crippen molar-refractivity contribution in [2.75, 3.05) is 25.0 Å². The van der Waals surface area contributed by atoms with Crippen LogP contribution in [0.4, 0.5) is 5.69 Å². The minimum atomic E-state index is 0.116. The van der Waals surface area contributed by atoms with Crippen LogP contribution >= 0.6 is 11.3 Å². The van der Waals surface area contributed by atoms with Crippen molar-refractivity contribution in [2.24, 2.45) is 11.8 Å². The van der Waals surface area contributed by atoms with Crippen molar-refractivity contribution < 1.29 is 4.79 Å². The molecule has 2 atom stereocenters. The third kappa shape index (κ3) is 3.85. The molecule has 0 radical (unpaired) electrons. The van der Waals surface area contributed by atoms with Gasteiger partial charge in [-0.05, 0) is 65.4 Å². The molecule has 3 aromatic rings. The SMILES string of the molecule is CC1CCN(C(=O)c2ccc3sccc3c2)CC1CNc1ccc(C#N)nc1. The molecule has 1 N–H and O–H groups in total. The van der Waals surface area contributed by atoms with E-state index in [1.807, 2.05) is 35.2 Å². The fourth-order valence-electron chi connectivity index (χ4n) is 3.70. The van der Waals surface area contributed by atoms with Crippen LogP contribution in [-0.4, -0.2) is 35.4 Å². The Morgan fingerprint density at radius 1 is 1.36 bits per heavy atom. The highest BCUT2D eigenvalue weighted by atomic mass is 32.1. The Bertz CT molecular complexity index is 1020. The molecule has 2 unspecified atom stereocenters. The van der Waals surface area contributed by atoms with Gasteiger partial charge in [-0.2, -0.15) is 5.26 Å². The molecule has 0 aliphatic carbocycles. The first-order valence-corrected chi connectivity index (χ1v) is 10.4. The summed E-state index contributed by atoms with van der Waals surface area (Å²) in [5.74, 6) is 1.03. The maximum atomic E-state index is 13.0. The molecule has 28 heavy (non-hydrogen) atoms. The number of amides is 1. The standard InChI is InChI=1S/C22H22N4OS/c1-15-6-8-26(22(27)17-2-5-21-16(10-17)7-9-28-21)14-18(15)12-24-20-4-3-19(11-23)25-13-20/h2-5,7,9-10,13,15,18,24H,6,8,12,14H2,1H3. The first-order chi connectivity index (χ1) is 13.6. The third-order valence-corrected chi connectivity index (χ3v) is 6.44. The maximum absolute atomic E-state index is 13.0. The van der Waals surface area contributed by atoms with Gasteiger partial charge in [0.15, 0.2) is 0 Å². The summed E-state index contributed by atoms with van der Waals surface area (Å²) in [6, 6.07) is 13.7. The van der Waals surface area contributed by atoms with Gasteiger partial charge >= 0.3 is 0 Å². The first kappa shape index (κ1) is 18.5. The highest BCUT2D eigenvalue weighted by molar-refractivity contribution is 7.17. The molecule has 1 aliphatic heterocycles.